The van der Waals surface area contributed by atoms with Crippen molar-refractivity contribution in [2.24, 2.45) is 5.92 Å². The lowest BCUT2D eigenvalue weighted by Crippen LogP contribution is -2.30. The monoisotopic (exact) mass is 303 g/mol. The summed E-state index contributed by atoms with van der Waals surface area (Å²) in [6, 6.07) is 2.20. The molecule has 1 saturated heterocycles. The number of carbonyl (C=O) groups is 1. The first kappa shape index (κ1) is 16.9. The highest BCUT2D eigenvalue weighted by atomic mass is 16.3. The van der Waals surface area contributed by atoms with Crippen LogP contribution in [-0.2, 0) is 11.2 Å². The maximum atomic E-state index is 11.9. The lowest BCUT2D eigenvalue weighted by Gasteiger charge is -2.31. The second-order valence-corrected chi connectivity index (χ2v) is 6.82. The smallest absolute Gasteiger partial charge is 0.135 e. The van der Waals surface area contributed by atoms with Crippen LogP contribution in [0.25, 0.3) is 0 Å². The molecule has 1 aliphatic rings. The molecule has 1 fully saturated rings. The predicted molar refractivity (Wildman–Crippen MR) is 91.8 cm³/mol. The first-order valence-corrected chi connectivity index (χ1v) is 8.51. The number of aryl methyl sites for hydroxylation is 1. The summed E-state index contributed by atoms with van der Waals surface area (Å²) in [5, 5.41) is 10.5. The van der Waals surface area contributed by atoms with Crippen molar-refractivity contribution >= 4 is 11.5 Å². The van der Waals surface area contributed by atoms with Crippen LogP contribution in [0.5, 0.6) is 5.75 Å². The summed E-state index contributed by atoms with van der Waals surface area (Å²) in [7, 11) is 0. The lowest BCUT2D eigenvalue weighted by atomic mass is 9.94. The van der Waals surface area contributed by atoms with Crippen LogP contribution in [0.1, 0.15) is 56.2 Å². The van der Waals surface area contributed by atoms with Crippen LogP contribution in [0, 0.1) is 19.8 Å². The molecule has 1 aromatic rings. The molecule has 1 N–H and O–H groups in total. The summed E-state index contributed by atoms with van der Waals surface area (Å²) in [6.45, 7) is 9.97. The highest BCUT2D eigenvalue weighted by molar-refractivity contribution is 5.80. The van der Waals surface area contributed by atoms with Crippen LogP contribution >= 0.6 is 0 Å². The van der Waals surface area contributed by atoms with E-state index >= 15 is 0 Å². The summed E-state index contributed by atoms with van der Waals surface area (Å²) >= 11 is 0. The van der Waals surface area contributed by atoms with Gasteiger partial charge >= 0.3 is 0 Å². The average Bonchev–Trinajstić information content (AvgIpc) is 2.52. The van der Waals surface area contributed by atoms with Crippen LogP contribution in [0.3, 0.4) is 0 Å². The van der Waals surface area contributed by atoms with Crippen LogP contribution in [-0.4, -0.2) is 24.0 Å². The zero-order valence-corrected chi connectivity index (χ0v) is 14.4. The number of aromatic hydroxyl groups is 1. The standard InChI is InChI=1S/C19H29NO2/c1-13(2)18(21)9-8-16-12-17(15(4)19(22)14(16)3)20-10-6-5-7-11-20/h12-13,22H,5-11H2,1-4H3. The Morgan fingerprint density at radius 3 is 2.41 bits per heavy atom. The van der Waals surface area contributed by atoms with Gasteiger partial charge in [-0.2, -0.15) is 0 Å². The van der Waals surface area contributed by atoms with E-state index in [1.54, 1.807) is 0 Å². The molecule has 0 aliphatic carbocycles. The molecule has 3 heteroatoms. The van der Waals surface area contributed by atoms with Gasteiger partial charge in [0.1, 0.15) is 11.5 Å². The lowest BCUT2D eigenvalue weighted by molar-refractivity contribution is -0.121. The minimum Gasteiger partial charge on any atom is -0.507 e. The van der Waals surface area contributed by atoms with E-state index in [0.29, 0.717) is 18.0 Å². The van der Waals surface area contributed by atoms with Gasteiger partial charge in [0.15, 0.2) is 0 Å². The van der Waals surface area contributed by atoms with Gasteiger partial charge in [-0.1, -0.05) is 13.8 Å². The van der Waals surface area contributed by atoms with Gasteiger partial charge in [-0.05, 0) is 56.7 Å². The Balaban J connectivity index is 2.25. The van der Waals surface area contributed by atoms with Crippen molar-refractivity contribution in [1.82, 2.24) is 0 Å². The Morgan fingerprint density at radius 2 is 1.82 bits per heavy atom. The van der Waals surface area contributed by atoms with Crippen molar-refractivity contribution in [3.63, 3.8) is 0 Å². The number of hydrogen-bond donors (Lipinski definition) is 1. The highest BCUT2D eigenvalue weighted by Crippen LogP contribution is 2.35. The molecule has 1 aliphatic heterocycles. The van der Waals surface area contributed by atoms with Gasteiger partial charge in [0.2, 0.25) is 0 Å². The molecule has 1 heterocycles. The molecule has 0 radical (unpaired) electrons. The van der Waals surface area contributed by atoms with Gasteiger partial charge in [0.25, 0.3) is 0 Å². The van der Waals surface area contributed by atoms with Crippen LogP contribution in [0.15, 0.2) is 6.07 Å². The van der Waals surface area contributed by atoms with Gasteiger partial charge in [0.05, 0.1) is 0 Å². The molecule has 0 bridgehead atoms. The van der Waals surface area contributed by atoms with Crippen molar-refractivity contribution in [2.75, 3.05) is 18.0 Å². The van der Waals surface area contributed by atoms with Gasteiger partial charge in [-0.25, -0.2) is 0 Å². The SMILES string of the molecule is Cc1c(CCC(=O)C(C)C)cc(N2CCCCC2)c(C)c1O. The van der Waals surface area contributed by atoms with Crippen molar-refractivity contribution in [3.8, 4) is 5.75 Å². The molecule has 2 rings (SSSR count). The summed E-state index contributed by atoms with van der Waals surface area (Å²) in [5.74, 6) is 0.773. The third-order valence-electron chi connectivity index (χ3n) is 4.87. The topological polar surface area (TPSA) is 40.5 Å². The number of piperidine rings is 1. The van der Waals surface area contributed by atoms with E-state index in [1.807, 2.05) is 27.7 Å². The summed E-state index contributed by atoms with van der Waals surface area (Å²) < 4.78 is 0. The number of ketones is 1. The second-order valence-electron chi connectivity index (χ2n) is 6.82. The fourth-order valence-corrected chi connectivity index (χ4v) is 3.21. The number of rotatable bonds is 5. The van der Waals surface area contributed by atoms with Crippen LogP contribution in [0.4, 0.5) is 5.69 Å². The largest absolute Gasteiger partial charge is 0.507 e. The van der Waals surface area contributed by atoms with Crippen LogP contribution < -0.4 is 4.90 Å². The van der Waals surface area contributed by atoms with E-state index in [4.69, 9.17) is 0 Å². The molecule has 0 amide bonds. The number of anilines is 1. The van der Waals surface area contributed by atoms with E-state index in [9.17, 15) is 9.90 Å². The minimum atomic E-state index is 0.0842. The summed E-state index contributed by atoms with van der Waals surface area (Å²) in [6.07, 6.45) is 5.01. The van der Waals surface area contributed by atoms with Crippen molar-refractivity contribution in [1.29, 1.82) is 0 Å². The van der Waals surface area contributed by atoms with Gasteiger partial charge in [-0.3, -0.25) is 4.79 Å². The third kappa shape index (κ3) is 3.63. The number of hydrogen-bond acceptors (Lipinski definition) is 3. The van der Waals surface area contributed by atoms with E-state index in [-0.39, 0.29) is 5.92 Å². The van der Waals surface area contributed by atoms with Crippen molar-refractivity contribution < 1.29 is 9.90 Å². The number of carbonyl (C=O) groups excluding carboxylic acids is 1. The summed E-state index contributed by atoms with van der Waals surface area (Å²) in [5.41, 5.74) is 4.15. The highest BCUT2D eigenvalue weighted by Gasteiger charge is 2.19. The Kier molecular flexibility index (Phi) is 5.49. The molecule has 1 aromatic carbocycles. The zero-order chi connectivity index (χ0) is 16.3. The van der Waals surface area contributed by atoms with Crippen LogP contribution in [0.2, 0.25) is 0 Å². The Bertz CT molecular complexity index is 543. The minimum absolute atomic E-state index is 0.0842. The first-order chi connectivity index (χ1) is 10.4. The Labute approximate surface area is 134 Å². The first-order valence-electron chi connectivity index (χ1n) is 8.51. The van der Waals surface area contributed by atoms with E-state index < -0.39 is 0 Å². The number of phenolic OH excluding ortho intramolecular Hbond substituents is 1. The Hall–Kier alpha value is -1.51. The zero-order valence-electron chi connectivity index (χ0n) is 14.4. The fourth-order valence-electron chi connectivity index (χ4n) is 3.21. The molecule has 3 nitrogen and oxygen atoms in total. The van der Waals surface area contributed by atoms with Gasteiger partial charge in [-0.15, -0.1) is 0 Å². The van der Waals surface area contributed by atoms with Gasteiger partial charge < -0.3 is 10.0 Å². The number of nitrogens with zero attached hydrogens (tertiary/aromatic N) is 1. The molecular formula is C19H29NO2. The molecule has 122 valence electrons. The van der Waals surface area contributed by atoms with Crippen molar-refractivity contribution in [3.05, 3.63) is 22.8 Å². The van der Waals surface area contributed by atoms with E-state index in [2.05, 4.69) is 11.0 Å². The normalized spacial score (nSPS) is 15.4. The second kappa shape index (κ2) is 7.17. The maximum Gasteiger partial charge on any atom is 0.135 e. The van der Waals surface area contributed by atoms with E-state index in [0.717, 1.165) is 41.9 Å². The number of phenols is 1. The molecule has 0 aromatic heterocycles. The maximum absolute atomic E-state index is 11.9. The molecule has 0 spiro atoms. The quantitative estimate of drug-likeness (QED) is 0.888. The number of benzene rings is 1. The van der Waals surface area contributed by atoms with Gasteiger partial charge in [0, 0.05) is 36.7 Å². The molecule has 0 unspecified atom stereocenters. The average molecular weight is 303 g/mol. The third-order valence-corrected chi connectivity index (χ3v) is 4.87. The molecule has 22 heavy (non-hydrogen) atoms. The molecular weight excluding hydrogens is 274 g/mol. The van der Waals surface area contributed by atoms with E-state index in [1.165, 1.54) is 19.3 Å². The molecule has 0 saturated carbocycles. The summed E-state index contributed by atoms with van der Waals surface area (Å²) in [4.78, 5) is 14.3. The van der Waals surface area contributed by atoms with Crippen molar-refractivity contribution in [2.45, 2.75) is 59.8 Å². The molecule has 0 atom stereocenters. The number of Topliss-reactive ketones (excluding diaryl/α,β-unsaturated/α-hetero) is 1. The fraction of sp³-hybridized carbons (Fsp3) is 0.632. The Morgan fingerprint density at radius 1 is 1.18 bits per heavy atom. The predicted octanol–water partition coefficient (Wildman–Crippen LogP) is 4.16.